The van der Waals surface area contributed by atoms with Crippen LogP contribution in [0.3, 0.4) is 0 Å². The molecule has 2 rings (SSSR count). The van der Waals surface area contributed by atoms with Crippen molar-refractivity contribution in [2.75, 3.05) is 12.8 Å². The molecule has 6 nitrogen and oxygen atoms in total. The zero-order valence-corrected chi connectivity index (χ0v) is 12.5. The number of nitrogens with two attached hydrogens (primary N) is 1. The van der Waals surface area contributed by atoms with Crippen molar-refractivity contribution in [1.29, 1.82) is 0 Å². The van der Waals surface area contributed by atoms with Crippen molar-refractivity contribution in [2.45, 2.75) is 13.5 Å². The highest BCUT2D eigenvalue weighted by atomic mass is 35.5. The number of carbonyl (C=O) groups is 1. The number of aryl methyl sites for hydroxylation is 1. The lowest BCUT2D eigenvalue weighted by Crippen LogP contribution is -2.26. The number of nitrogens with one attached hydrogen (secondary N) is 1. The van der Waals surface area contributed by atoms with E-state index in [9.17, 15) is 4.79 Å². The van der Waals surface area contributed by atoms with Crippen molar-refractivity contribution >= 4 is 34.8 Å². The Morgan fingerprint density at radius 1 is 1.45 bits per heavy atom. The van der Waals surface area contributed by atoms with E-state index in [1.165, 1.54) is 17.0 Å². The van der Waals surface area contributed by atoms with Crippen molar-refractivity contribution in [3.63, 3.8) is 0 Å². The summed E-state index contributed by atoms with van der Waals surface area (Å²) in [5.41, 5.74) is 6.33. The summed E-state index contributed by atoms with van der Waals surface area (Å²) in [6.45, 7) is 2.07. The summed E-state index contributed by atoms with van der Waals surface area (Å²) in [7, 11) is 1.65. The van der Waals surface area contributed by atoms with E-state index in [2.05, 4.69) is 15.2 Å². The fraction of sp³-hybridized carbons (Fsp3) is 0.250. The summed E-state index contributed by atoms with van der Waals surface area (Å²) < 4.78 is 0. The molecule has 1 aromatic carbocycles. The van der Waals surface area contributed by atoms with Crippen LogP contribution in [0.4, 0.5) is 5.69 Å². The summed E-state index contributed by atoms with van der Waals surface area (Å²) >= 11 is 11.8. The molecule has 8 heteroatoms. The van der Waals surface area contributed by atoms with Crippen LogP contribution < -0.4 is 5.73 Å². The second kappa shape index (κ2) is 5.68. The lowest BCUT2D eigenvalue weighted by atomic mass is 10.2. The normalized spacial score (nSPS) is 10.6. The Labute approximate surface area is 125 Å². The van der Waals surface area contributed by atoms with Crippen LogP contribution in [0.25, 0.3) is 0 Å². The summed E-state index contributed by atoms with van der Waals surface area (Å²) in [6, 6.07) is 2.98. The second-order valence-corrected chi connectivity index (χ2v) is 5.14. The van der Waals surface area contributed by atoms with E-state index in [1.54, 1.807) is 14.0 Å². The summed E-state index contributed by atoms with van der Waals surface area (Å²) in [6.07, 6.45) is 0. The van der Waals surface area contributed by atoms with Crippen molar-refractivity contribution in [3.8, 4) is 0 Å². The number of amides is 1. The number of nitrogen functional groups attached to an aromatic ring is 1. The molecule has 3 N–H and O–H groups in total. The number of hydrogen-bond acceptors (Lipinski definition) is 4. The van der Waals surface area contributed by atoms with Crippen LogP contribution in [-0.4, -0.2) is 33.0 Å². The maximum absolute atomic E-state index is 12.3. The fourth-order valence-corrected chi connectivity index (χ4v) is 2.03. The van der Waals surface area contributed by atoms with Gasteiger partial charge in [0.05, 0.1) is 22.3 Å². The van der Waals surface area contributed by atoms with Crippen LogP contribution in [-0.2, 0) is 6.54 Å². The first-order valence-corrected chi connectivity index (χ1v) is 6.52. The van der Waals surface area contributed by atoms with E-state index in [0.29, 0.717) is 17.2 Å². The number of rotatable bonds is 3. The number of carbonyl (C=O) groups excluding carboxylic acids is 1. The average Bonchev–Trinajstić information content (AvgIpc) is 2.79. The topological polar surface area (TPSA) is 87.9 Å². The quantitative estimate of drug-likeness (QED) is 0.851. The molecule has 0 unspecified atom stereocenters. The number of nitrogens with zero attached hydrogens (tertiary/aromatic N) is 3. The van der Waals surface area contributed by atoms with Crippen molar-refractivity contribution < 1.29 is 4.79 Å². The number of aromatic amines is 1. The summed E-state index contributed by atoms with van der Waals surface area (Å²) in [5, 5.41) is 7.19. The third-order valence-electron chi connectivity index (χ3n) is 2.67. The largest absolute Gasteiger partial charge is 0.397 e. The third-order valence-corrected chi connectivity index (χ3v) is 3.49. The Kier molecular flexibility index (Phi) is 4.15. The molecule has 0 radical (unpaired) electrons. The maximum atomic E-state index is 12.3. The molecule has 0 aliphatic rings. The van der Waals surface area contributed by atoms with Crippen LogP contribution in [0.2, 0.25) is 10.0 Å². The minimum Gasteiger partial charge on any atom is -0.397 e. The molecule has 0 atom stereocenters. The zero-order chi connectivity index (χ0) is 14.9. The second-order valence-electron chi connectivity index (χ2n) is 4.36. The smallest absolute Gasteiger partial charge is 0.254 e. The minimum atomic E-state index is -0.238. The fourth-order valence-electron chi connectivity index (χ4n) is 1.70. The van der Waals surface area contributed by atoms with Gasteiger partial charge in [-0.05, 0) is 19.1 Å². The standard InChI is InChI=1S/C12H13Cl2N5O/c1-6-16-10(18-17-6)5-19(2)12(20)7-3-8(13)11(14)9(15)4-7/h3-4H,5,15H2,1-2H3,(H,16,17,18). The molecule has 0 bridgehead atoms. The number of hydrogen-bond donors (Lipinski definition) is 2. The molecule has 0 spiro atoms. The van der Waals surface area contributed by atoms with Gasteiger partial charge in [-0.25, -0.2) is 4.98 Å². The van der Waals surface area contributed by atoms with Gasteiger partial charge >= 0.3 is 0 Å². The Morgan fingerprint density at radius 3 is 2.70 bits per heavy atom. The molecule has 0 saturated heterocycles. The SMILES string of the molecule is Cc1nc(CN(C)C(=O)c2cc(N)c(Cl)c(Cl)c2)n[nH]1. The van der Waals surface area contributed by atoms with E-state index < -0.39 is 0 Å². The Morgan fingerprint density at radius 2 is 2.15 bits per heavy atom. The summed E-state index contributed by atoms with van der Waals surface area (Å²) in [4.78, 5) is 17.9. The highest BCUT2D eigenvalue weighted by Gasteiger charge is 2.16. The van der Waals surface area contributed by atoms with Crippen LogP contribution in [0.1, 0.15) is 22.0 Å². The molecule has 106 valence electrons. The highest BCUT2D eigenvalue weighted by molar-refractivity contribution is 6.43. The van der Waals surface area contributed by atoms with Gasteiger partial charge in [0, 0.05) is 12.6 Å². The molecule has 0 aliphatic heterocycles. The van der Waals surface area contributed by atoms with Crippen molar-refractivity contribution in [2.24, 2.45) is 0 Å². The van der Waals surface area contributed by atoms with Crippen LogP contribution in [0.5, 0.6) is 0 Å². The zero-order valence-electron chi connectivity index (χ0n) is 10.9. The predicted octanol–water partition coefficient (Wildman–Crippen LogP) is 2.27. The van der Waals surface area contributed by atoms with Gasteiger partial charge in [-0.15, -0.1) is 0 Å². The molecule has 1 amide bonds. The average molecular weight is 314 g/mol. The molecule has 1 aromatic heterocycles. The minimum absolute atomic E-state index is 0.238. The third kappa shape index (κ3) is 3.02. The number of aromatic nitrogens is 3. The van der Waals surface area contributed by atoms with Crippen molar-refractivity contribution in [3.05, 3.63) is 39.4 Å². The van der Waals surface area contributed by atoms with Crippen LogP contribution in [0.15, 0.2) is 12.1 Å². The Balaban J connectivity index is 2.18. The molecule has 0 fully saturated rings. The number of benzene rings is 1. The Bertz CT molecular complexity index is 632. The number of H-pyrrole nitrogens is 1. The van der Waals surface area contributed by atoms with E-state index in [0.717, 1.165) is 0 Å². The van der Waals surface area contributed by atoms with E-state index in [1.807, 2.05) is 0 Å². The first kappa shape index (κ1) is 14.6. The monoisotopic (exact) mass is 313 g/mol. The van der Waals surface area contributed by atoms with Gasteiger partial charge in [-0.1, -0.05) is 23.2 Å². The number of anilines is 1. The molecule has 0 aliphatic carbocycles. The van der Waals surface area contributed by atoms with Gasteiger partial charge in [-0.3, -0.25) is 9.89 Å². The molecule has 0 saturated carbocycles. The van der Waals surface area contributed by atoms with E-state index in [-0.39, 0.29) is 28.2 Å². The molecular weight excluding hydrogens is 301 g/mol. The van der Waals surface area contributed by atoms with Gasteiger partial charge in [0.1, 0.15) is 5.82 Å². The van der Waals surface area contributed by atoms with Crippen LogP contribution >= 0.6 is 23.2 Å². The van der Waals surface area contributed by atoms with Gasteiger partial charge < -0.3 is 10.6 Å². The lowest BCUT2D eigenvalue weighted by Gasteiger charge is -2.16. The van der Waals surface area contributed by atoms with Crippen molar-refractivity contribution in [1.82, 2.24) is 20.1 Å². The number of halogens is 2. The molecule has 1 heterocycles. The maximum Gasteiger partial charge on any atom is 0.254 e. The highest BCUT2D eigenvalue weighted by Crippen LogP contribution is 2.29. The van der Waals surface area contributed by atoms with Gasteiger partial charge in [0.15, 0.2) is 5.82 Å². The Hall–Kier alpha value is -1.79. The molecule has 20 heavy (non-hydrogen) atoms. The van der Waals surface area contributed by atoms with E-state index in [4.69, 9.17) is 28.9 Å². The van der Waals surface area contributed by atoms with Gasteiger partial charge in [-0.2, -0.15) is 5.10 Å². The van der Waals surface area contributed by atoms with Gasteiger partial charge in [0.25, 0.3) is 5.91 Å². The predicted molar refractivity (Wildman–Crippen MR) is 77.8 cm³/mol. The molecular formula is C12H13Cl2N5O. The van der Waals surface area contributed by atoms with Crippen LogP contribution in [0, 0.1) is 6.92 Å². The lowest BCUT2D eigenvalue weighted by molar-refractivity contribution is 0.0781. The first-order chi connectivity index (χ1) is 9.38. The first-order valence-electron chi connectivity index (χ1n) is 5.76. The summed E-state index contributed by atoms with van der Waals surface area (Å²) in [5.74, 6) is 0.990. The molecule has 2 aromatic rings. The van der Waals surface area contributed by atoms with Gasteiger partial charge in [0.2, 0.25) is 0 Å². The van der Waals surface area contributed by atoms with E-state index >= 15 is 0 Å².